The lowest BCUT2D eigenvalue weighted by molar-refractivity contribution is -0.141. The number of hydrogen-bond acceptors (Lipinski definition) is 5. The van der Waals surface area contributed by atoms with E-state index in [4.69, 9.17) is 9.47 Å². The van der Waals surface area contributed by atoms with Crippen LogP contribution in [-0.4, -0.2) is 24.9 Å². The first-order chi connectivity index (χ1) is 15.1. The van der Waals surface area contributed by atoms with E-state index in [0.717, 1.165) is 4.90 Å². The van der Waals surface area contributed by atoms with Crippen LogP contribution in [0.1, 0.15) is 17.5 Å². The lowest BCUT2D eigenvalue weighted by Crippen LogP contribution is -2.46. The second kappa shape index (κ2) is 7.09. The number of ether oxygens (including phenoxy) is 2. The van der Waals surface area contributed by atoms with Gasteiger partial charge in [0.25, 0.3) is 0 Å². The molecule has 154 valence electrons. The van der Waals surface area contributed by atoms with E-state index >= 15 is 0 Å². The summed E-state index contributed by atoms with van der Waals surface area (Å²) >= 11 is 0. The minimum absolute atomic E-state index is 0.0941. The third kappa shape index (κ3) is 2.68. The summed E-state index contributed by atoms with van der Waals surface area (Å²) in [5, 5.41) is 0. The number of hydrogen-bond donors (Lipinski definition) is 0. The average molecular weight is 413 g/mol. The molecule has 6 heteroatoms. The molecule has 0 unspecified atom stereocenters. The van der Waals surface area contributed by atoms with Crippen LogP contribution in [0.4, 0.5) is 5.69 Å². The molecule has 3 aromatic carbocycles. The quantitative estimate of drug-likeness (QED) is 0.372. The number of methoxy groups -OCH3 is 1. The highest BCUT2D eigenvalue weighted by molar-refractivity contribution is 6.23. The minimum atomic E-state index is -1.38. The molecule has 2 atom stereocenters. The first-order valence-corrected chi connectivity index (χ1v) is 9.95. The van der Waals surface area contributed by atoms with Crippen molar-refractivity contribution in [1.82, 2.24) is 0 Å². The fourth-order valence-electron chi connectivity index (χ4n) is 4.65. The fourth-order valence-corrected chi connectivity index (χ4v) is 4.65. The minimum Gasteiger partial charge on any atom is -0.497 e. The fraction of sp³-hybridized carbons (Fsp3) is 0.160. The zero-order chi connectivity index (χ0) is 21.6. The first-order valence-electron chi connectivity index (χ1n) is 9.95. The number of esters is 1. The molecule has 3 aromatic rings. The maximum atomic E-state index is 13.7. The average Bonchev–Trinajstić information content (AvgIpc) is 3.27. The van der Waals surface area contributed by atoms with Crippen LogP contribution < -0.4 is 14.4 Å². The van der Waals surface area contributed by atoms with E-state index in [0.29, 0.717) is 28.3 Å². The van der Waals surface area contributed by atoms with Crippen molar-refractivity contribution in [2.45, 2.75) is 11.8 Å². The van der Waals surface area contributed by atoms with Crippen molar-refractivity contribution in [2.75, 3.05) is 12.0 Å². The monoisotopic (exact) mass is 413 g/mol. The van der Waals surface area contributed by atoms with Crippen LogP contribution in [0.25, 0.3) is 0 Å². The van der Waals surface area contributed by atoms with Crippen molar-refractivity contribution < 1.29 is 23.9 Å². The van der Waals surface area contributed by atoms with Crippen molar-refractivity contribution >= 4 is 23.5 Å². The Kier molecular flexibility index (Phi) is 4.36. The molecule has 2 aliphatic heterocycles. The molecule has 2 heterocycles. The van der Waals surface area contributed by atoms with Crippen molar-refractivity contribution in [3.8, 4) is 11.5 Å². The number of benzene rings is 3. The summed E-state index contributed by atoms with van der Waals surface area (Å²) < 4.78 is 10.8. The van der Waals surface area contributed by atoms with Gasteiger partial charge in [-0.1, -0.05) is 48.5 Å². The zero-order valence-corrected chi connectivity index (χ0v) is 16.8. The molecule has 0 N–H and O–H groups in total. The summed E-state index contributed by atoms with van der Waals surface area (Å²) in [5.74, 6) is -1.20. The van der Waals surface area contributed by atoms with Crippen LogP contribution in [0.5, 0.6) is 11.5 Å². The molecule has 6 nitrogen and oxygen atoms in total. The molecule has 0 aromatic heterocycles. The first kappa shape index (κ1) is 19.1. The number of rotatable bonds is 4. The summed E-state index contributed by atoms with van der Waals surface area (Å²) in [7, 11) is 1.55. The van der Waals surface area contributed by atoms with Crippen molar-refractivity contribution in [1.29, 1.82) is 0 Å². The summed E-state index contributed by atoms with van der Waals surface area (Å²) in [5.41, 5.74) is 0.300. The zero-order valence-electron chi connectivity index (χ0n) is 16.8. The highest BCUT2D eigenvalue weighted by Gasteiger charge is 2.62. The van der Waals surface area contributed by atoms with Crippen molar-refractivity contribution in [3.63, 3.8) is 0 Å². The molecule has 2 aliphatic rings. The van der Waals surface area contributed by atoms with Crippen LogP contribution in [0.15, 0.2) is 78.9 Å². The smallest absolute Gasteiger partial charge is 0.327 e. The Morgan fingerprint density at radius 3 is 2.29 bits per heavy atom. The summed E-state index contributed by atoms with van der Waals surface area (Å²) in [6, 6.07) is 22.9. The van der Waals surface area contributed by atoms with Gasteiger partial charge in [-0.15, -0.1) is 0 Å². The maximum absolute atomic E-state index is 13.7. The van der Waals surface area contributed by atoms with Gasteiger partial charge in [-0.2, -0.15) is 0 Å². The van der Waals surface area contributed by atoms with Gasteiger partial charge in [0.2, 0.25) is 11.8 Å². The van der Waals surface area contributed by atoms with Gasteiger partial charge in [0, 0.05) is 12.0 Å². The van der Waals surface area contributed by atoms with Gasteiger partial charge < -0.3 is 9.47 Å². The van der Waals surface area contributed by atoms with Gasteiger partial charge in [-0.25, -0.2) is 0 Å². The van der Waals surface area contributed by atoms with Gasteiger partial charge in [-0.05, 0) is 35.9 Å². The highest BCUT2D eigenvalue weighted by atomic mass is 16.5. The standard InChI is InChI=1S/C25H19NO5/c1-30-18-13-11-17(12-14-18)26-22(27)15-20(23(26)28)25(16-7-3-2-4-8-16)19-9-5-6-10-21(19)31-24(25)29/h2-14,20H,15H2,1H3/t20-,25+/m1/s1. The maximum Gasteiger partial charge on any atom is 0.327 e. The Bertz CT molecular complexity index is 1190. The van der Waals surface area contributed by atoms with Crippen molar-refractivity contribution in [3.05, 3.63) is 90.0 Å². The molecule has 5 rings (SSSR count). The third-order valence-corrected chi connectivity index (χ3v) is 6.07. The lowest BCUT2D eigenvalue weighted by atomic mass is 9.66. The molecule has 1 saturated heterocycles. The van der Waals surface area contributed by atoms with Crippen molar-refractivity contribution in [2.24, 2.45) is 5.92 Å². The van der Waals surface area contributed by atoms with E-state index in [1.165, 1.54) is 0 Å². The predicted molar refractivity (Wildman–Crippen MR) is 113 cm³/mol. The van der Waals surface area contributed by atoms with E-state index in [1.54, 1.807) is 67.8 Å². The molecular weight excluding hydrogens is 394 g/mol. The molecular formula is C25H19NO5. The van der Waals surface area contributed by atoms with Gasteiger partial charge in [0.15, 0.2) is 0 Å². The van der Waals surface area contributed by atoms with Gasteiger partial charge in [0.1, 0.15) is 16.9 Å². The lowest BCUT2D eigenvalue weighted by Gasteiger charge is -2.31. The van der Waals surface area contributed by atoms with E-state index in [-0.39, 0.29) is 12.3 Å². The van der Waals surface area contributed by atoms with E-state index < -0.39 is 23.2 Å². The van der Waals surface area contributed by atoms with Gasteiger partial charge in [0.05, 0.1) is 18.7 Å². The Morgan fingerprint density at radius 1 is 0.903 bits per heavy atom. The predicted octanol–water partition coefficient (Wildman–Crippen LogP) is 3.48. The number of carbonyl (C=O) groups is 3. The molecule has 1 fully saturated rings. The SMILES string of the molecule is COc1ccc(N2C(=O)C[C@@H]([C@@]3(c4ccccc4)C(=O)Oc4ccccc43)C2=O)cc1. The number of anilines is 1. The molecule has 2 amide bonds. The Labute approximate surface area is 179 Å². The molecule has 0 radical (unpaired) electrons. The molecule has 0 aliphatic carbocycles. The highest BCUT2D eigenvalue weighted by Crippen LogP contribution is 2.52. The van der Waals surface area contributed by atoms with Gasteiger partial charge in [-0.3, -0.25) is 19.3 Å². The summed E-state index contributed by atoms with van der Waals surface area (Å²) in [4.78, 5) is 41.2. The molecule has 0 saturated carbocycles. The van der Waals surface area contributed by atoms with Crippen LogP contribution >= 0.6 is 0 Å². The normalized spacial score (nSPS) is 22.4. The van der Waals surface area contributed by atoms with Crippen LogP contribution in [0.3, 0.4) is 0 Å². The Hall–Kier alpha value is -3.93. The molecule has 0 bridgehead atoms. The van der Waals surface area contributed by atoms with Crippen LogP contribution in [-0.2, 0) is 19.8 Å². The van der Waals surface area contributed by atoms with E-state index in [1.807, 2.05) is 18.2 Å². The third-order valence-electron chi connectivity index (χ3n) is 6.07. The van der Waals surface area contributed by atoms with Gasteiger partial charge >= 0.3 is 5.97 Å². The number of carbonyl (C=O) groups excluding carboxylic acids is 3. The number of nitrogens with zero attached hydrogens (tertiary/aromatic N) is 1. The second-order valence-corrected chi connectivity index (χ2v) is 7.58. The number of imide groups is 1. The van der Waals surface area contributed by atoms with Crippen LogP contribution in [0, 0.1) is 5.92 Å². The van der Waals surface area contributed by atoms with E-state index in [2.05, 4.69) is 0 Å². The van der Waals surface area contributed by atoms with Crippen LogP contribution in [0.2, 0.25) is 0 Å². The number of amides is 2. The number of fused-ring (bicyclic) bond motifs is 1. The largest absolute Gasteiger partial charge is 0.497 e. The number of para-hydroxylation sites is 1. The summed E-state index contributed by atoms with van der Waals surface area (Å²) in [6.45, 7) is 0. The summed E-state index contributed by atoms with van der Waals surface area (Å²) in [6.07, 6.45) is -0.0941. The topological polar surface area (TPSA) is 72.9 Å². The second-order valence-electron chi connectivity index (χ2n) is 7.58. The molecule has 31 heavy (non-hydrogen) atoms. The van der Waals surface area contributed by atoms with E-state index in [9.17, 15) is 14.4 Å². The Balaban J connectivity index is 1.66. The molecule has 0 spiro atoms. The Morgan fingerprint density at radius 2 is 1.58 bits per heavy atom.